The normalized spacial score (nSPS) is 17.5. The highest BCUT2D eigenvalue weighted by Crippen LogP contribution is 2.38. The van der Waals surface area contributed by atoms with Crippen molar-refractivity contribution in [2.75, 3.05) is 31.9 Å². The number of thioether (sulfide) groups is 1. The number of amides is 1. The number of rotatable bonds is 5. The van der Waals surface area contributed by atoms with E-state index in [0.29, 0.717) is 13.0 Å². The van der Waals surface area contributed by atoms with E-state index in [9.17, 15) is 4.79 Å². The molecule has 1 fully saturated rings. The van der Waals surface area contributed by atoms with Crippen LogP contribution in [0.5, 0.6) is 5.75 Å². The number of carbonyl (C=O) groups excluding carboxylic acids is 1. The molecular formula is C20H24N2O2S. The van der Waals surface area contributed by atoms with Crippen molar-refractivity contribution in [3.63, 3.8) is 0 Å². The third-order valence-corrected chi connectivity index (χ3v) is 5.68. The highest BCUT2D eigenvalue weighted by Gasteiger charge is 2.29. The second kappa shape index (κ2) is 7.83. The molecule has 1 aliphatic rings. The van der Waals surface area contributed by atoms with Gasteiger partial charge in [0, 0.05) is 38.5 Å². The molecule has 4 nitrogen and oxygen atoms in total. The molecule has 1 heterocycles. The summed E-state index contributed by atoms with van der Waals surface area (Å²) in [6.07, 6.45) is 0.604. The molecule has 0 spiro atoms. The fraction of sp³-hybridized carbons (Fsp3) is 0.350. The van der Waals surface area contributed by atoms with Crippen molar-refractivity contribution in [2.24, 2.45) is 0 Å². The van der Waals surface area contributed by atoms with Crippen molar-refractivity contribution >= 4 is 23.4 Å². The third-order valence-electron chi connectivity index (χ3n) is 4.40. The van der Waals surface area contributed by atoms with E-state index in [-0.39, 0.29) is 11.3 Å². The van der Waals surface area contributed by atoms with Crippen molar-refractivity contribution in [1.82, 2.24) is 4.90 Å². The van der Waals surface area contributed by atoms with Crippen LogP contribution in [0.15, 0.2) is 48.5 Å². The van der Waals surface area contributed by atoms with Gasteiger partial charge in [-0.1, -0.05) is 24.3 Å². The molecule has 5 heteroatoms. The molecule has 0 aliphatic carbocycles. The van der Waals surface area contributed by atoms with Gasteiger partial charge in [-0.05, 0) is 35.4 Å². The number of nitrogens with zero attached hydrogens (tertiary/aromatic N) is 2. The summed E-state index contributed by atoms with van der Waals surface area (Å²) in [6, 6.07) is 16.4. The van der Waals surface area contributed by atoms with E-state index in [2.05, 4.69) is 29.2 Å². The number of hydrogen-bond acceptors (Lipinski definition) is 4. The van der Waals surface area contributed by atoms with Gasteiger partial charge in [-0.25, -0.2) is 0 Å². The summed E-state index contributed by atoms with van der Waals surface area (Å²) in [6.45, 7) is 0.621. The Morgan fingerprint density at radius 3 is 2.40 bits per heavy atom. The summed E-state index contributed by atoms with van der Waals surface area (Å²) < 4.78 is 5.21. The Bertz CT molecular complexity index is 713. The van der Waals surface area contributed by atoms with Crippen LogP contribution in [0.25, 0.3) is 0 Å². The SMILES string of the molecule is COc1ccc(CN2C(=O)CCSC2c2ccc(N(C)C)cc2)cc1. The molecule has 1 saturated heterocycles. The van der Waals surface area contributed by atoms with Gasteiger partial charge in [-0.15, -0.1) is 11.8 Å². The summed E-state index contributed by atoms with van der Waals surface area (Å²) in [5.41, 5.74) is 3.46. The van der Waals surface area contributed by atoms with Gasteiger partial charge in [0.15, 0.2) is 0 Å². The van der Waals surface area contributed by atoms with Crippen LogP contribution in [0, 0.1) is 0 Å². The van der Waals surface area contributed by atoms with Gasteiger partial charge in [0.25, 0.3) is 0 Å². The second-order valence-electron chi connectivity index (χ2n) is 6.33. The molecule has 0 bridgehead atoms. The number of anilines is 1. The number of methoxy groups -OCH3 is 1. The van der Waals surface area contributed by atoms with E-state index in [1.165, 1.54) is 5.56 Å². The van der Waals surface area contributed by atoms with Crippen LogP contribution in [-0.2, 0) is 11.3 Å². The lowest BCUT2D eigenvalue weighted by atomic mass is 10.1. The summed E-state index contributed by atoms with van der Waals surface area (Å²) in [7, 11) is 5.72. The van der Waals surface area contributed by atoms with Crippen LogP contribution >= 0.6 is 11.8 Å². The first-order valence-electron chi connectivity index (χ1n) is 8.40. The Morgan fingerprint density at radius 1 is 1.12 bits per heavy atom. The van der Waals surface area contributed by atoms with Crippen molar-refractivity contribution < 1.29 is 9.53 Å². The minimum absolute atomic E-state index is 0.0690. The van der Waals surface area contributed by atoms with Gasteiger partial charge in [0.05, 0.1) is 7.11 Å². The molecule has 0 radical (unpaired) electrons. The van der Waals surface area contributed by atoms with Crippen LogP contribution in [0.2, 0.25) is 0 Å². The largest absolute Gasteiger partial charge is 0.497 e. The Morgan fingerprint density at radius 2 is 1.80 bits per heavy atom. The fourth-order valence-corrected chi connectivity index (χ4v) is 4.17. The van der Waals surface area contributed by atoms with E-state index < -0.39 is 0 Å². The average Bonchev–Trinajstić information content (AvgIpc) is 2.64. The van der Waals surface area contributed by atoms with Crippen molar-refractivity contribution in [1.29, 1.82) is 0 Å². The van der Waals surface area contributed by atoms with Crippen molar-refractivity contribution in [3.05, 3.63) is 59.7 Å². The first-order valence-corrected chi connectivity index (χ1v) is 9.44. The number of benzene rings is 2. The first-order chi connectivity index (χ1) is 12.1. The monoisotopic (exact) mass is 356 g/mol. The maximum atomic E-state index is 12.6. The average molecular weight is 356 g/mol. The smallest absolute Gasteiger partial charge is 0.224 e. The summed E-state index contributed by atoms with van der Waals surface area (Å²) >= 11 is 1.84. The number of carbonyl (C=O) groups is 1. The minimum Gasteiger partial charge on any atom is -0.497 e. The van der Waals surface area contributed by atoms with Gasteiger partial charge in [-0.3, -0.25) is 4.79 Å². The van der Waals surface area contributed by atoms with Gasteiger partial charge in [0.2, 0.25) is 5.91 Å². The van der Waals surface area contributed by atoms with E-state index in [1.807, 2.05) is 55.0 Å². The van der Waals surface area contributed by atoms with Gasteiger partial charge < -0.3 is 14.5 Å². The lowest BCUT2D eigenvalue weighted by molar-refractivity contribution is -0.132. The molecule has 1 aliphatic heterocycles. The van der Waals surface area contributed by atoms with Gasteiger partial charge >= 0.3 is 0 Å². The van der Waals surface area contributed by atoms with Crippen molar-refractivity contribution in [3.8, 4) is 5.75 Å². The molecule has 3 rings (SSSR count). The van der Waals surface area contributed by atoms with Gasteiger partial charge in [0.1, 0.15) is 11.1 Å². The molecule has 132 valence electrons. The maximum Gasteiger partial charge on any atom is 0.224 e. The Labute approximate surface area is 153 Å². The number of ether oxygens (including phenoxy) is 1. The summed E-state index contributed by atoms with van der Waals surface area (Å²) in [4.78, 5) is 16.6. The second-order valence-corrected chi connectivity index (χ2v) is 7.52. The van der Waals surface area contributed by atoms with E-state index >= 15 is 0 Å². The summed E-state index contributed by atoms with van der Waals surface area (Å²) in [5.74, 6) is 1.92. The highest BCUT2D eigenvalue weighted by atomic mass is 32.2. The molecular weight excluding hydrogens is 332 g/mol. The minimum atomic E-state index is 0.0690. The Hall–Kier alpha value is -2.14. The maximum absolute atomic E-state index is 12.6. The fourth-order valence-electron chi connectivity index (χ4n) is 2.93. The molecule has 2 aromatic carbocycles. The van der Waals surface area contributed by atoms with Crippen LogP contribution < -0.4 is 9.64 Å². The van der Waals surface area contributed by atoms with Crippen LogP contribution in [0.4, 0.5) is 5.69 Å². The van der Waals surface area contributed by atoms with Gasteiger partial charge in [-0.2, -0.15) is 0 Å². The quantitative estimate of drug-likeness (QED) is 0.813. The number of hydrogen-bond donors (Lipinski definition) is 0. The topological polar surface area (TPSA) is 32.8 Å². The summed E-state index contributed by atoms with van der Waals surface area (Å²) in [5, 5.41) is 0.0690. The van der Waals surface area contributed by atoms with Crippen LogP contribution in [-0.4, -0.2) is 37.8 Å². The van der Waals surface area contributed by atoms with Crippen LogP contribution in [0.1, 0.15) is 22.9 Å². The molecule has 25 heavy (non-hydrogen) atoms. The Balaban J connectivity index is 1.81. The lowest BCUT2D eigenvalue weighted by Crippen LogP contribution is -2.36. The molecule has 2 aromatic rings. The van der Waals surface area contributed by atoms with E-state index in [1.54, 1.807) is 7.11 Å². The van der Waals surface area contributed by atoms with E-state index in [0.717, 1.165) is 22.8 Å². The molecule has 0 N–H and O–H groups in total. The third kappa shape index (κ3) is 4.10. The van der Waals surface area contributed by atoms with E-state index in [4.69, 9.17) is 4.74 Å². The van der Waals surface area contributed by atoms with Crippen LogP contribution in [0.3, 0.4) is 0 Å². The zero-order valence-electron chi connectivity index (χ0n) is 14.9. The predicted molar refractivity (Wildman–Crippen MR) is 104 cm³/mol. The first kappa shape index (κ1) is 17.7. The molecule has 0 saturated carbocycles. The van der Waals surface area contributed by atoms with Crippen molar-refractivity contribution in [2.45, 2.75) is 18.3 Å². The lowest BCUT2D eigenvalue weighted by Gasteiger charge is -2.35. The molecule has 1 amide bonds. The zero-order chi connectivity index (χ0) is 17.8. The molecule has 1 atom stereocenters. The molecule has 1 unspecified atom stereocenters. The zero-order valence-corrected chi connectivity index (χ0v) is 15.8. The Kier molecular flexibility index (Phi) is 5.53. The predicted octanol–water partition coefficient (Wildman–Crippen LogP) is 3.93. The standard InChI is InChI=1S/C20H24N2O2S/c1-21(2)17-8-6-16(7-9-17)20-22(19(23)12-13-25-20)14-15-4-10-18(24-3)11-5-15/h4-11,20H,12-14H2,1-3H3. The molecule has 0 aromatic heterocycles. The highest BCUT2D eigenvalue weighted by molar-refractivity contribution is 7.99.